The van der Waals surface area contributed by atoms with Gasteiger partial charge in [-0.25, -0.2) is 8.78 Å². The Hall–Kier alpha value is -3.81. The molecule has 0 fully saturated rings. The lowest BCUT2D eigenvalue weighted by Crippen LogP contribution is -2.22. The van der Waals surface area contributed by atoms with E-state index in [4.69, 9.17) is 14.6 Å². The summed E-state index contributed by atoms with van der Waals surface area (Å²) in [4.78, 5) is 36.1. The van der Waals surface area contributed by atoms with Crippen molar-refractivity contribution < 1.29 is 37.7 Å². The fraction of sp³-hybridized carbons (Fsp3) is 0.208. The van der Waals surface area contributed by atoms with Gasteiger partial charge in [-0.1, -0.05) is 24.3 Å². The van der Waals surface area contributed by atoms with Gasteiger partial charge >= 0.3 is 5.97 Å². The molecule has 0 spiro atoms. The predicted molar refractivity (Wildman–Crippen MR) is 114 cm³/mol. The van der Waals surface area contributed by atoms with Crippen LogP contribution in [0.2, 0.25) is 0 Å². The third kappa shape index (κ3) is 6.87. The number of ketones is 2. The van der Waals surface area contributed by atoms with E-state index >= 15 is 0 Å². The summed E-state index contributed by atoms with van der Waals surface area (Å²) in [6, 6.07) is 8.16. The van der Waals surface area contributed by atoms with E-state index in [9.17, 15) is 23.2 Å². The Kier molecular flexibility index (Phi) is 8.83. The van der Waals surface area contributed by atoms with Gasteiger partial charge in [0.25, 0.3) is 0 Å². The molecule has 0 aromatic heterocycles. The first-order valence-corrected chi connectivity index (χ1v) is 9.58. The summed E-state index contributed by atoms with van der Waals surface area (Å²) in [5.74, 6) is -4.80. The first-order chi connectivity index (χ1) is 15.2. The van der Waals surface area contributed by atoms with Crippen LogP contribution in [0.5, 0.6) is 11.5 Å². The third-order valence-corrected chi connectivity index (χ3v) is 4.57. The van der Waals surface area contributed by atoms with Gasteiger partial charge in [0.05, 0.1) is 20.1 Å². The largest absolute Gasteiger partial charge is 0.494 e. The molecule has 2 rings (SSSR count). The lowest BCUT2D eigenvalue weighted by atomic mass is 9.92. The fourth-order valence-electron chi connectivity index (χ4n) is 2.85. The predicted octanol–water partition coefficient (Wildman–Crippen LogP) is 4.33. The lowest BCUT2D eigenvalue weighted by molar-refractivity contribution is -0.137. The van der Waals surface area contributed by atoms with E-state index in [1.807, 2.05) is 0 Å². The number of ether oxygens (including phenoxy) is 2. The third-order valence-electron chi connectivity index (χ3n) is 4.57. The average Bonchev–Trinajstić information content (AvgIpc) is 2.76. The Balaban J connectivity index is 2.19. The molecule has 0 aliphatic heterocycles. The van der Waals surface area contributed by atoms with E-state index < -0.39 is 41.5 Å². The zero-order valence-electron chi connectivity index (χ0n) is 17.5. The summed E-state index contributed by atoms with van der Waals surface area (Å²) in [7, 11) is 2.65. The minimum Gasteiger partial charge on any atom is -0.494 e. The highest BCUT2D eigenvalue weighted by molar-refractivity contribution is 6.13. The van der Waals surface area contributed by atoms with Crippen molar-refractivity contribution >= 4 is 29.7 Å². The molecule has 32 heavy (non-hydrogen) atoms. The number of carboxylic acids is 1. The van der Waals surface area contributed by atoms with Gasteiger partial charge in [0.15, 0.2) is 34.7 Å². The first kappa shape index (κ1) is 24.5. The molecule has 6 nitrogen and oxygen atoms in total. The minimum atomic E-state index is -1.25. The van der Waals surface area contributed by atoms with Crippen LogP contribution >= 0.6 is 0 Å². The van der Waals surface area contributed by atoms with Crippen molar-refractivity contribution in [2.45, 2.75) is 12.8 Å². The summed E-state index contributed by atoms with van der Waals surface area (Å²) in [5, 5.41) is 8.94. The van der Waals surface area contributed by atoms with E-state index in [0.717, 1.165) is 24.3 Å². The summed E-state index contributed by atoms with van der Waals surface area (Å²) >= 11 is 0. The number of halogens is 2. The van der Waals surface area contributed by atoms with Crippen LogP contribution in [0.1, 0.15) is 24.0 Å². The zero-order valence-corrected chi connectivity index (χ0v) is 17.5. The number of methoxy groups -OCH3 is 2. The molecule has 1 N–H and O–H groups in total. The van der Waals surface area contributed by atoms with Gasteiger partial charge in [-0.15, -0.1) is 0 Å². The smallest absolute Gasteiger partial charge is 0.303 e. The molecule has 0 unspecified atom stereocenters. The van der Waals surface area contributed by atoms with Gasteiger partial charge in [0.1, 0.15) is 0 Å². The van der Waals surface area contributed by atoms with Crippen LogP contribution in [-0.2, 0) is 14.4 Å². The number of aliphatic carboxylic acids is 1. The molecule has 0 saturated carbocycles. The van der Waals surface area contributed by atoms with Crippen LogP contribution in [0.3, 0.4) is 0 Å². The molecule has 0 atom stereocenters. The first-order valence-electron chi connectivity index (χ1n) is 9.58. The number of hydrogen-bond acceptors (Lipinski definition) is 5. The van der Waals surface area contributed by atoms with Crippen LogP contribution in [0.4, 0.5) is 8.78 Å². The number of carbonyl (C=O) groups is 3. The highest BCUT2D eigenvalue weighted by atomic mass is 19.1. The Morgan fingerprint density at radius 2 is 1.31 bits per heavy atom. The summed E-state index contributed by atoms with van der Waals surface area (Å²) in [5.41, 5.74) is 0.732. The Morgan fingerprint density at radius 3 is 1.66 bits per heavy atom. The summed E-state index contributed by atoms with van der Waals surface area (Å²) < 4.78 is 37.3. The summed E-state index contributed by atoms with van der Waals surface area (Å²) in [6.07, 6.45) is 4.26. The molecule has 0 radical (unpaired) electrons. The molecule has 2 aromatic rings. The molecular formula is C24H22F2O6. The fourth-order valence-corrected chi connectivity index (χ4v) is 2.85. The van der Waals surface area contributed by atoms with Gasteiger partial charge in [-0.2, -0.15) is 0 Å². The van der Waals surface area contributed by atoms with E-state index in [0.29, 0.717) is 11.1 Å². The molecule has 2 aromatic carbocycles. The van der Waals surface area contributed by atoms with E-state index in [1.165, 1.54) is 50.6 Å². The molecule has 168 valence electrons. The van der Waals surface area contributed by atoms with Crippen molar-refractivity contribution in [3.63, 3.8) is 0 Å². The highest BCUT2D eigenvalue weighted by Gasteiger charge is 2.23. The SMILES string of the molecule is COc1ccc(/C=C/C(=O)C(CCC(=O)O)C(=O)/C=C/c2ccc(OC)c(F)c2)cc1F. The number of allylic oxidation sites excluding steroid dienone is 2. The van der Waals surface area contributed by atoms with E-state index in [1.54, 1.807) is 0 Å². The van der Waals surface area contributed by atoms with Crippen LogP contribution in [0, 0.1) is 17.6 Å². The minimum absolute atomic E-state index is 0.0445. The van der Waals surface area contributed by atoms with Crippen LogP contribution in [0.15, 0.2) is 48.6 Å². The van der Waals surface area contributed by atoms with Crippen molar-refractivity contribution in [3.05, 3.63) is 71.3 Å². The van der Waals surface area contributed by atoms with Crippen LogP contribution < -0.4 is 9.47 Å². The number of benzene rings is 2. The lowest BCUT2D eigenvalue weighted by Gasteiger charge is -2.09. The second-order valence-corrected chi connectivity index (χ2v) is 6.74. The normalized spacial score (nSPS) is 11.3. The number of carbonyl (C=O) groups excluding carboxylic acids is 2. The van der Waals surface area contributed by atoms with Gasteiger partial charge in [-0.05, 0) is 54.0 Å². The topological polar surface area (TPSA) is 89.9 Å². The van der Waals surface area contributed by atoms with Crippen molar-refractivity contribution in [2.24, 2.45) is 5.92 Å². The van der Waals surface area contributed by atoms with Gasteiger partial charge in [0, 0.05) is 6.42 Å². The Morgan fingerprint density at radius 1 is 0.875 bits per heavy atom. The van der Waals surface area contributed by atoms with E-state index in [-0.39, 0.29) is 17.9 Å². The standard InChI is InChI=1S/C24H22F2O6/c1-31-22-10-5-15(13-18(22)25)3-8-20(27)17(7-12-24(29)30)21(28)9-4-16-6-11-23(32-2)19(26)14-16/h3-6,8-11,13-14,17H,7,12H2,1-2H3,(H,29,30)/b8-3+,9-4+. The molecule has 0 aliphatic carbocycles. The number of hydrogen-bond donors (Lipinski definition) is 1. The molecule has 0 heterocycles. The Labute approximate surface area is 183 Å². The molecule has 0 amide bonds. The van der Waals surface area contributed by atoms with E-state index in [2.05, 4.69) is 0 Å². The van der Waals surface area contributed by atoms with Crippen molar-refractivity contribution in [1.29, 1.82) is 0 Å². The maximum Gasteiger partial charge on any atom is 0.303 e. The van der Waals surface area contributed by atoms with Gasteiger partial charge in [0.2, 0.25) is 0 Å². The van der Waals surface area contributed by atoms with Gasteiger partial charge in [-0.3, -0.25) is 14.4 Å². The molecule has 8 heteroatoms. The number of rotatable bonds is 11. The monoisotopic (exact) mass is 444 g/mol. The zero-order chi connectivity index (χ0) is 23.7. The van der Waals surface area contributed by atoms with Crippen LogP contribution in [0.25, 0.3) is 12.2 Å². The molecule has 0 aliphatic rings. The second kappa shape index (κ2) is 11.5. The number of carboxylic acid groups (broad SMARTS) is 1. The highest BCUT2D eigenvalue weighted by Crippen LogP contribution is 2.21. The quantitative estimate of drug-likeness (QED) is 0.410. The maximum atomic E-state index is 13.8. The van der Waals surface area contributed by atoms with Crippen molar-refractivity contribution in [1.82, 2.24) is 0 Å². The molecule has 0 bridgehead atoms. The summed E-state index contributed by atoms with van der Waals surface area (Å²) in [6.45, 7) is 0. The second-order valence-electron chi connectivity index (χ2n) is 6.74. The molecule has 0 saturated heterocycles. The van der Waals surface area contributed by atoms with Crippen LogP contribution in [-0.4, -0.2) is 36.9 Å². The molecular weight excluding hydrogens is 422 g/mol. The average molecular weight is 444 g/mol. The van der Waals surface area contributed by atoms with Crippen molar-refractivity contribution in [3.8, 4) is 11.5 Å². The Bertz CT molecular complexity index is 983. The maximum absolute atomic E-state index is 13.8. The van der Waals surface area contributed by atoms with Gasteiger partial charge < -0.3 is 14.6 Å². The van der Waals surface area contributed by atoms with Crippen molar-refractivity contribution in [2.75, 3.05) is 14.2 Å².